The van der Waals surface area contributed by atoms with E-state index in [1.54, 1.807) is 12.1 Å². The van der Waals surface area contributed by atoms with Crippen molar-refractivity contribution < 1.29 is 9.18 Å². The quantitative estimate of drug-likeness (QED) is 0.902. The number of aromatic nitrogens is 1. The van der Waals surface area contributed by atoms with Crippen LogP contribution in [0.5, 0.6) is 0 Å². The van der Waals surface area contributed by atoms with Crippen LogP contribution in [0.15, 0.2) is 30.3 Å². The van der Waals surface area contributed by atoms with Crippen molar-refractivity contribution >= 4 is 18.3 Å². The van der Waals surface area contributed by atoms with E-state index in [-0.39, 0.29) is 24.1 Å². The molecule has 0 aliphatic carbocycles. The van der Waals surface area contributed by atoms with Crippen molar-refractivity contribution in [1.29, 1.82) is 0 Å². The minimum absolute atomic E-state index is 0. The van der Waals surface area contributed by atoms with Gasteiger partial charge in [0.1, 0.15) is 5.82 Å². The van der Waals surface area contributed by atoms with Crippen LogP contribution in [0.3, 0.4) is 0 Å². The van der Waals surface area contributed by atoms with Gasteiger partial charge in [0.05, 0.1) is 5.56 Å². The monoisotopic (exact) mass is 351 g/mol. The zero-order valence-electron chi connectivity index (χ0n) is 14.2. The van der Waals surface area contributed by atoms with Gasteiger partial charge < -0.3 is 14.8 Å². The lowest BCUT2D eigenvalue weighted by atomic mass is 10.1. The fourth-order valence-electron chi connectivity index (χ4n) is 3.25. The Bertz CT molecular complexity index is 727. The van der Waals surface area contributed by atoms with Gasteiger partial charge in [-0.25, -0.2) is 4.39 Å². The van der Waals surface area contributed by atoms with Gasteiger partial charge in [-0.3, -0.25) is 4.79 Å². The first kappa shape index (κ1) is 18.5. The number of rotatable bonds is 2. The summed E-state index contributed by atoms with van der Waals surface area (Å²) in [4.78, 5) is 14.7. The molecule has 130 valence electrons. The second-order valence-electron chi connectivity index (χ2n) is 6.20. The first-order valence-electron chi connectivity index (χ1n) is 7.95. The van der Waals surface area contributed by atoms with E-state index in [0.29, 0.717) is 6.04 Å². The summed E-state index contributed by atoms with van der Waals surface area (Å²) in [6.45, 7) is 8.26. The fraction of sp³-hybridized carbons (Fsp3) is 0.389. The molecule has 1 aromatic carbocycles. The third-order valence-corrected chi connectivity index (χ3v) is 4.40. The van der Waals surface area contributed by atoms with Crippen molar-refractivity contribution in [2.75, 3.05) is 19.6 Å². The van der Waals surface area contributed by atoms with Crippen LogP contribution < -0.4 is 5.32 Å². The summed E-state index contributed by atoms with van der Waals surface area (Å²) in [5.74, 6) is -0.192. The highest BCUT2D eigenvalue weighted by Crippen LogP contribution is 2.22. The van der Waals surface area contributed by atoms with E-state index in [1.807, 2.05) is 29.4 Å². The van der Waals surface area contributed by atoms with Crippen molar-refractivity contribution in [3.8, 4) is 5.69 Å². The second-order valence-corrected chi connectivity index (χ2v) is 6.20. The normalized spacial score (nSPS) is 17.5. The van der Waals surface area contributed by atoms with Crippen LogP contribution >= 0.6 is 12.4 Å². The molecule has 1 unspecified atom stereocenters. The Morgan fingerprint density at radius 1 is 1.25 bits per heavy atom. The van der Waals surface area contributed by atoms with Gasteiger partial charge >= 0.3 is 0 Å². The Kier molecular flexibility index (Phi) is 5.67. The smallest absolute Gasteiger partial charge is 0.255 e. The largest absolute Gasteiger partial charge is 0.336 e. The number of carbonyl (C=O) groups excluding carboxylic acids is 1. The van der Waals surface area contributed by atoms with E-state index >= 15 is 0 Å². The van der Waals surface area contributed by atoms with E-state index < -0.39 is 0 Å². The molecule has 4 nitrogen and oxygen atoms in total. The lowest BCUT2D eigenvalue weighted by Gasteiger charge is -2.32. The highest BCUT2D eigenvalue weighted by Gasteiger charge is 2.25. The van der Waals surface area contributed by atoms with E-state index in [4.69, 9.17) is 0 Å². The van der Waals surface area contributed by atoms with Gasteiger partial charge in [-0.15, -0.1) is 12.4 Å². The Balaban J connectivity index is 0.00000208. The van der Waals surface area contributed by atoms with Crippen LogP contribution in [0, 0.1) is 19.7 Å². The van der Waals surface area contributed by atoms with Crippen LogP contribution in [0.4, 0.5) is 4.39 Å². The van der Waals surface area contributed by atoms with Gasteiger partial charge in [0.2, 0.25) is 0 Å². The Morgan fingerprint density at radius 2 is 1.92 bits per heavy atom. The second kappa shape index (κ2) is 7.36. The number of hydrogen-bond acceptors (Lipinski definition) is 2. The minimum atomic E-state index is -0.262. The number of halogens is 2. The summed E-state index contributed by atoms with van der Waals surface area (Å²) in [6.07, 6.45) is 0. The number of carbonyl (C=O) groups is 1. The predicted molar refractivity (Wildman–Crippen MR) is 95.8 cm³/mol. The molecule has 24 heavy (non-hydrogen) atoms. The minimum Gasteiger partial charge on any atom is -0.336 e. The molecule has 0 radical (unpaired) electrons. The number of nitrogens with one attached hydrogen (secondary N) is 1. The van der Waals surface area contributed by atoms with E-state index in [9.17, 15) is 9.18 Å². The maximum absolute atomic E-state index is 13.1. The predicted octanol–water partition coefficient (Wildman–Crippen LogP) is 3.09. The van der Waals surface area contributed by atoms with Crippen molar-refractivity contribution in [3.05, 3.63) is 53.1 Å². The third-order valence-electron chi connectivity index (χ3n) is 4.40. The molecule has 2 aromatic rings. The average molecular weight is 352 g/mol. The van der Waals surface area contributed by atoms with Gasteiger partial charge in [0.25, 0.3) is 5.91 Å². The summed E-state index contributed by atoms with van der Waals surface area (Å²) >= 11 is 0. The Morgan fingerprint density at radius 3 is 2.54 bits per heavy atom. The molecule has 1 atom stereocenters. The zero-order chi connectivity index (χ0) is 16.6. The van der Waals surface area contributed by atoms with E-state index in [2.05, 4.69) is 12.2 Å². The summed E-state index contributed by atoms with van der Waals surface area (Å²) in [5.41, 5.74) is 3.46. The Labute approximate surface area is 148 Å². The van der Waals surface area contributed by atoms with Crippen LogP contribution in [0.2, 0.25) is 0 Å². The van der Waals surface area contributed by atoms with Crippen molar-refractivity contribution in [3.63, 3.8) is 0 Å². The molecule has 1 amide bonds. The summed E-state index contributed by atoms with van der Waals surface area (Å²) in [7, 11) is 0. The van der Waals surface area contributed by atoms with Gasteiger partial charge in [0, 0.05) is 42.8 Å². The van der Waals surface area contributed by atoms with Crippen molar-refractivity contribution in [2.45, 2.75) is 26.8 Å². The SMILES string of the molecule is Cc1cc(C(=O)N2CCNC(C)C2)c(C)n1-c1ccc(F)cc1.Cl. The molecule has 1 aromatic heterocycles. The number of hydrogen-bond donors (Lipinski definition) is 1. The van der Waals surface area contributed by atoms with Gasteiger partial charge in [-0.2, -0.15) is 0 Å². The molecular formula is C18H23ClFN3O. The summed E-state index contributed by atoms with van der Waals surface area (Å²) in [6, 6.07) is 8.58. The van der Waals surface area contributed by atoms with Crippen LogP contribution in [0.1, 0.15) is 28.7 Å². The number of amides is 1. The standard InChI is InChI=1S/C18H22FN3O.ClH/c1-12-11-21(9-8-20-12)18(23)17-10-13(2)22(14(17)3)16-6-4-15(19)5-7-16;/h4-7,10,12,20H,8-9,11H2,1-3H3;1H. The molecule has 3 rings (SSSR count). The summed E-state index contributed by atoms with van der Waals surface area (Å²) < 4.78 is 15.1. The Hall–Kier alpha value is -1.85. The van der Waals surface area contributed by atoms with Crippen molar-refractivity contribution in [2.24, 2.45) is 0 Å². The molecule has 1 fully saturated rings. The topological polar surface area (TPSA) is 37.3 Å². The molecule has 0 saturated carbocycles. The molecule has 1 saturated heterocycles. The first-order chi connectivity index (χ1) is 11.0. The molecule has 0 bridgehead atoms. The van der Waals surface area contributed by atoms with E-state index in [0.717, 1.165) is 42.3 Å². The number of piperazine rings is 1. The van der Waals surface area contributed by atoms with Crippen LogP contribution in [-0.4, -0.2) is 41.1 Å². The maximum Gasteiger partial charge on any atom is 0.255 e. The van der Waals surface area contributed by atoms with Gasteiger partial charge in [-0.05, 0) is 51.1 Å². The number of benzene rings is 1. The molecular weight excluding hydrogens is 329 g/mol. The fourth-order valence-corrected chi connectivity index (χ4v) is 3.25. The van der Waals surface area contributed by atoms with Gasteiger partial charge in [0.15, 0.2) is 0 Å². The highest BCUT2D eigenvalue weighted by molar-refractivity contribution is 5.96. The summed E-state index contributed by atoms with van der Waals surface area (Å²) in [5, 5.41) is 3.35. The first-order valence-corrected chi connectivity index (χ1v) is 7.95. The van der Waals surface area contributed by atoms with Crippen LogP contribution in [0.25, 0.3) is 5.69 Å². The highest BCUT2D eigenvalue weighted by atomic mass is 35.5. The maximum atomic E-state index is 13.1. The van der Waals surface area contributed by atoms with Crippen LogP contribution in [-0.2, 0) is 0 Å². The van der Waals surface area contributed by atoms with Gasteiger partial charge in [-0.1, -0.05) is 0 Å². The molecule has 6 heteroatoms. The molecule has 1 aliphatic rings. The average Bonchev–Trinajstić information content (AvgIpc) is 2.82. The van der Waals surface area contributed by atoms with E-state index in [1.165, 1.54) is 12.1 Å². The zero-order valence-corrected chi connectivity index (χ0v) is 15.0. The molecule has 2 heterocycles. The van der Waals surface area contributed by atoms with Crippen molar-refractivity contribution in [1.82, 2.24) is 14.8 Å². The molecule has 1 N–H and O–H groups in total. The number of aryl methyl sites for hydroxylation is 1. The third kappa shape index (κ3) is 3.47. The lowest BCUT2D eigenvalue weighted by Crippen LogP contribution is -2.51. The molecule has 0 spiro atoms. The lowest BCUT2D eigenvalue weighted by molar-refractivity contribution is 0.0708. The molecule has 1 aliphatic heterocycles. The number of nitrogens with zero attached hydrogens (tertiary/aromatic N) is 2.